The van der Waals surface area contributed by atoms with Gasteiger partial charge in [0.15, 0.2) is 0 Å². The van der Waals surface area contributed by atoms with Crippen molar-refractivity contribution in [2.24, 2.45) is 0 Å². The first kappa shape index (κ1) is 18.1. The molecule has 2 rings (SSSR count). The van der Waals surface area contributed by atoms with Crippen LogP contribution in [0.5, 0.6) is 5.75 Å². The average Bonchev–Trinajstić information content (AvgIpc) is 2.66. The number of aliphatic hydroxyl groups excluding tert-OH is 1. The summed E-state index contributed by atoms with van der Waals surface area (Å²) in [5.74, 6) is 11.9. The summed E-state index contributed by atoms with van der Waals surface area (Å²) in [7, 11) is 2.82. The Hall–Kier alpha value is -3.21. The number of ether oxygens (including phenoxy) is 2. The Morgan fingerprint density at radius 1 is 1.00 bits per heavy atom. The van der Waals surface area contributed by atoms with Gasteiger partial charge in [-0.2, -0.15) is 0 Å². The maximum atomic E-state index is 11.8. The highest BCUT2D eigenvalue weighted by Crippen LogP contribution is 2.20. The van der Waals surface area contributed by atoms with Crippen molar-refractivity contribution in [2.75, 3.05) is 20.8 Å². The lowest BCUT2D eigenvalue weighted by atomic mass is 10.1. The molecule has 4 heteroatoms. The molecule has 0 unspecified atom stereocenters. The van der Waals surface area contributed by atoms with Crippen LogP contribution in [0, 0.1) is 23.7 Å². The number of hydrogen-bond acceptors (Lipinski definition) is 4. The zero-order chi connectivity index (χ0) is 18.1. The number of rotatable bonds is 3. The fourth-order valence-electron chi connectivity index (χ4n) is 2.09. The lowest BCUT2D eigenvalue weighted by Gasteiger charge is -2.06. The molecule has 0 fully saturated rings. The molecule has 0 saturated heterocycles. The fourth-order valence-corrected chi connectivity index (χ4v) is 2.09. The van der Waals surface area contributed by atoms with Gasteiger partial charge in [-0.05, 0) is 36.4 Å². The third-order valence-electron chi connectivity index (χ3n) is 3.29. The van der Waals surface area contributed by atoms with Crippen LogP contribution in [0.3, 0.4) is 0 Å². The summed E-state index contributed by atoms with van der Waals surface area (Å²) in [6.45, 7) is 0.0481. The Bertz CT molecular complexity index is 876. The van der Waals surface area contributed by atoms with Gasteiger partial charge in [-0.25, -0.2) is 4.79 Å². The Morgan fingerprint density at radius 2 is 1.68 bits per heavy atom. The fraction of sp³-hybridized carbons (Fsp3) is 0.190. The summed E-state index contributed by atoms with van der Waals surface area (Å²) in [6, 6.07) is 12.6. The van der Waals surface area contributed by atoms with Gasteiger partial charge >= 0.3 is 5.97 Å². The monoisotopic (exact) mass is 334 g/mol. The topological polar surface area (TPSA) is 55.8 Å². The Labute approximate surface area is 147 Å². The summed E-state index contributed by atoms with van der Waals surface area (Å²) in [5.41, 5.74) is 2.66. The van der Waals surface area contributed by atoms with E-state index in [-0.39, 0.29) is 6.61 Å². The van der Waals surface area contributed by atoms with Gasteiger partial charge in [0.2, 0.25) is 0 Å². The van der Waals surface area contributed by atoms with Gasteiger partial charge in [-0.3, -0.25) is 0 Å². The molecule has 0 aliphatic rings. The van der Waals surface area contributed by atoms with Crippen LogP contribution in [0.15, 0.2) is 42.5 Å². The molecule has 0 radical (unpaired) electrons. The molecule has 126 valence electrons. The first-order chi connectivity index (χ1) is 12.2. The summed E-state index contributed by atoms with van der Waals surface area (Å²) >= 11 is 0. The third-order valence-corrected chi connectivity index (χ3v) is 3.29. The molecule has 25 heavy (non-hydrogen) atoms. The van der Waals surface area contributed by atoms with Gasteiger partial charge in [-0.1, -0.05) is 29.7 Å². The molecular weight excluding hydrogens is 316 g/mol. The molecule has 0 saturated carbocycles. The zero-order valence-corrected chi connectivity index (χ0v) is 14.1. The van der Waals surface area contributed by atoms with E-state index in [1.807, 2.05) is 24.3 Å². The van der Waals surface area contributed by atoms with E-state index in [2.05, 4.69) is 23.7 Å². The summed E-state index contributed by atoms with van der Waals surface area (Å²) < 4.78 is 9.93. The van der Waals surface area contributed by atoms with Crippen LogP contribution < -0.4 is 4.74 Å². The number of esters is 1. The van der Waals surface area contributed by atoms with Gasteiger partial charge in [0.1, 0.15) is 11.3 Å². The average molecular weight is 334 g/mol. The SMILES string of the molecule is COC(=O)c1cc(C#Cc2cccc(C#CCCO)c2)ccc1OC. The number of hydrogen-bond donors (Lipinski definition) is 1. The van der Waals surface area contributed by atoms with Crippen LogP contribution >= 0.6 is 0 Å². The van der Waals surface area contributed by atoms with E-state index >= 15 is 0 Å². The first-order valence-electron chi connectivity index (χ1n) is 7.66. The molecule has 0 spiro atoms. The molecule has 0 heterocycles. The minimum atomic E-state index is -0.471. The number of carbonyl (C=O) groups is 1. The van der Waals surface area contributed by atoms with E-state index in [4.69, 9.17) is 14.6 Å². The second kappa shape index (κ2) is 9.17. The van der Waals surface area contributed by atoms with Crippen LogP contribution in [0.4, 0.5) is 0 Å². The largest absolute Gasteiger partial charge is 0.496 e. The molecular formula is C21H18O4. The Morgan fingerprint density at radius 3 is 2.32 bits per heavy atom. The van der Waals surface area contributed by atoms with Crippen molar-refractivity contribution in [3.63, 3.8) is 0 Å². The van der Waals surface area contributed by atoms with Crippen molar-refractivity contribution in [2.45, 2.75) is 6.42 Å². The summed E-state index contributed by atoms with van der Waals surface area (Å²) in [4.78, 5) is 11.8. The number of benzene rings is 2. The van der Waals surface area contributed by atoms with Crippen LogP contribution in [0.1, 0.15) is 33.5 Å². The van der Waals surface area contributed by atoms with Gasteiger partial charge < -0.3 is 14.6 Å². The molecule has 0 aromatic heterocycles. The van der Waals surface area contributed by atoms with Gasteiger partial charge in [0, 0.05) is 23.1 Å². The molecule has 0 atom stereocenters. The number of methoxy groups -OCH3 is 2. The molecule has 0 aliphatic heterocycles. The molecule has 2 aromatic carbocycles. The molecule has 1 N–H and O–H groups in total. The zero-order valence-electron chi connectivity index (χ0n) is 14.1. The normalized spacial score (nSPS) is 9.24. The standard InChI is InChI=1S/C21H18O4/c1-24-20-12-11-18(15-19(20)21(23)25-2)10-9-17-8-5-7-16(14-17)6-3-4-13-22/h5,7-8,11-12,14-15,22H,4,13H2,1-2H3. The van der Waals surface area contributed by atoms with E-state index in [9.17, 15) is 4.79 Å². The molecule has 0 bridgehead atoms. The maximum absolute atomic E-state index is 11.8. The van der Waals surface area contributed by atoms with E-state index in [0.717, 1.165) is 11.1 Å². The predicted molar refractivity (Wildman–Crippen MR) is 95.3 cm³/mol. The lowest BCUT2D eigenvalue weighted by Crippen LogP contribution is -2.04. The van der Waals surface area contributed by atoms with E-state index in [0.29, 0.717) is 23.3 Å². The first-order valence-corrected chi connectivity index (χ1v) is 7.66. The predicted octanol–water partition coefficient (Wildman–Crippen LogP) is 2.62. The van der Waals surface area contributed by atoms with E-state index < -0.39 is 5.97 Å². The lowest BCUT2D eigenvalue weighted by molar-refractivity contribution is 0.0597. The van der Waals surface area contributed by atoms with Crippen LogP contribution in [0.25, 0.3) is 0 Å². The minimum Gasteiger partial charge on any atom is -0.496 e. The van der Waals surface area contributed by atoms with Crippen molar-refractivity contribution >= 4 is 5.97 Å². The highest BCUT2D eigenvalue weighted by atomic mass is 16.5. The minimum absolute atomic E-state index is 0.0481. The third kappa shape index (κ3) is 5.14. The van der Waals surface area contributed by atoms with Crippen molar-refractivity contribution in [3.05, 3.63) is 64.7 Å². The highest BCUT2D eigenvalue weighted by Gasteiger charge is 2.12. The van der Waals surface area contributed by atoms with Gasteiger partial charge in [0.05, 0.1) is 20.8 Å². The highest BCUT2D eigenvalue weighted by molar-refractivity contribution is 5.92. The molecule has 0 amide bonds. The number of carbonyl (C=O) groups excluding carboxylic acids is 1. The maximum Gasteiger partial charge on any atom is 0.341 e. The number of aliphatic hydroxyl groups is 1. The molecule has 2 aromatic rings. The van der Waals surface area contributed by atoms with Gasteiger partial charge in [0.25, 0.3) is 0 Å². The van der Waals surface area contributed by atoms with Crippen molar-refractivity contribution in [1.29, 1.82) is 0 Å². The summed E-state index contributed by atoms with van der Waals surface area (Å²) in [6.07, 6.45) is 0.443. The molecule has 0 aliphatic carbocycles. The quantitative estimate of drug-likeness (QED) is 0.692. The van der Waals surface area contributed by atoms with Crippen molar-refractivity contribution in [3.8, 4) is 29.4 Å². The van der Waals surface area contributed by atoms with Crippen LogP contribution in [0.2, 0.25) is 0 Å². The van der Waals surface area contributed by atoms with Crippen molar-refractivity contribution < 1.29 is 19.4 Å². The second-order valence-electron chi connectivity index (χ2n) is 5.01. The van der Waals surface area contributed by atoms with E-state index in [1.165, 1.54) is 14.2 Å². The smallest absolute Gasteiger partial charge is 0.341 e. The summed E-state index contributed by atoms with van der Waals surface area (Å²) in [5, 5.41) is 8.76. The van der Waals surface area contributed by atoms with Gasteiger partial charge in [-0.15, -0.1) is 0 Å². The van der Waals surface area contributed by atoms with Crippen molar-refractivity contribution in [1.82, 2.24) is 0 Å². The second-order valence-corrected chi connectivity index (χ2v) is 5.01. The molecule has 4 nitrogen and oxygen atoms in total. The van der Waals surface area contributed by atoms with Crippen LogP contribution in [-0.2, 0) is 4.74 Å². The Kier molecular flexibility index (Phi) is 6.65. The van der Waals surface area contributed by atoms with E-state index in [1.54, 1.807) is 18.2 Å². The van der Waals surface area contributed by atoms with Crippen LogP contribution in [-0.4, -0.2) is 31.9 Å². The Balaban J connectivity index is 2.28.